The average Bonchev–Trinajstić information content (AvgIpc) is 3.02. The van der Waals surface area contributed by atoms with Gasteiger partial charge in [-0.15, -0.1) is 0 Å². The average molecular weight is 262 g/mol. The van der Waals surface area contributed by atoms with Crippen molar-refractivity contribution in [2.24, 2.45) is 0 Å². The van der Waals surface area contributed by atoms with Crippen LogP contribution >= 0.6 is 0 Å². The molecule has 0 unspecified atom stereocenters. The van der Waals surface area contributed by atoms with E-state index in [0.717, 1.165) is 10.9 Å². The van der Waals surface area contributed by atoms with Crippen LogP contribution < -0.4 is 0 Å². The van der Waals surface area contributed by atoms with Crippen molar-refractivity contribution in [1.82, 2.24) is 9.88 Å². The van der Waals surface area contributed by atoms with E-state index in [4.69, 9.17) is 4.74 Å². The van der Waals surface area contributed by atoms with E-state index in [1.807, 2.05) is 24.3 Å². The van der Waals surface area contributed by atoms with Crippen LogP contribution in [0.1, 0.15) is 10.5 Å². The van der Waals surface area contributed by atoms with Crippen LogP contribution in [-0.4, -0.2) is 48.3 Å². The molecule has 2 atom stereocenters. The molecule has 1 aliphatic heterocycles. The fourth-order valence-electron chi connectivity index (χ4n) is 2.40. The lowest BCUT2D eigenvalue weighted by molar-refractivity contribution is 0.0667. The van der Waals surface area contributed by atoms with Crippen molar-refractivity contribution < 1.29 is 13.9 Å². The Kier molecular flexibility index (Phi) is 2.98. The molecule has 0 radical (unpaired) electrons. The smallest absolute Gasteiger partial charge is 0.270 e. The topological polar surface area (TPSA) is 45.3 Å². The first-order chi connectivity index (χ1) is 9.16. The third kappa shape index (κ3) is 2.10. The number of carbonyl (C=O) groups excluding carboxylic acids is 1. The summed E-state index contributed by atoms with van der Waals surface area (Å²) in [7, 11) is 1.61. The summed E-state index contributed by atoms with van der Waals surface area (Å²) in [4.78, 5) is 16.8. The van der Waals surface area contributed by atoms with Crippen molar-refractivity contribution in [2.75, 3.05) is 20.3 Å². The summed E-state index contributed by atoms with van der Waals surface area (Å²) in [5, 5.41) is 0.971. The number of rotatable bonds is 2. The lowest BCUT2D eigenvalue weighted by Gasteiger charge is -2.24. The highest BCUT2D eigenvalue weighted by Crippen LogP contribution is 2.20. The van der Waals surface area contributed by atoms with Gasteiger partial charge in [-0.1, -0.05) is 18.2 Å². The van der Waals surface area contributed by atoms with Gasteiger partial charge in [-0.25, -0.2) is 4.39 Å². The summed E-state index contributed by atoms with van der Waals surface area (Å²) < 4.78 is 18.6. The number of aromatic nitrogens is 1. The van der Waals surface area contributed by atoms with Crippen molar-refractivity contribution in [3.63, 3.8) is 0 Å². The summed E-state index contributed by atoms with van der Waals surface area (Å²) >= 11 is 0. The van der Waals surface area contributed by atoms with Gasteiger partial charge < -0.3 is 14.6 Å². The van der Waals surface area contributed by atoms with Crippen molar-refractivity contribution in [3.8, 4) is 0 Å². The highest BCUT2D eigenvalue weighted by atomic mass is 19.1. The number of hydrogen-bond donors (Lipinski definition) is 1. The zero-order valence-corrected chi connectivity index (χ0v) is 10.6. The molecule has 1 saturated heterocycles. The number of alkyl halides is 1. The van der Waals surface area contributed by atoms with Crippen LogP contribution in [0.5, 0.6) is 0 Å². The van der Waals surface area contributed by atoms with E-state index in [2.05, 4.69) is 4.98 Å². The monoisotopic (exact) mass is 262 g/mol. The number of amides is 1. The van der Waals surface area contributed by atoms with Crippen LogP contribution in [0.15, 0.2) is 30.3 Å². The molecule has 1 aliphatic rings. The van der Waals surface area contributed by atoms with Gasteiger partial charge in [-0.05, 0) is 12.1 Å². The first-order valence-electron chi connectivity index (χ1n) is 6.23. The number of hydrogen-bond acceptors (Lipinski definition) is 2. The Hall–Kier alpha value is -1.88. The van der Waals surface area contributed by atoms with Crippen LogP contribution in [-0.2, 0) is 4.74 Å². The molecule has 0 saturated carbocycles. The van der Waals surface area contributed by atoms with E-state index < -0.39 is 12.2 Å². The second-order valence-electron chi connectivity index (χ2n) is 4.81. The van der Waals surface area contributed by atoms with E-state index in [9.17, 15) is 9.18 Å². The number of carbonyl (C=O) groups is 1. The molecule has 1 N–H and O–H groups in total. The molecule has 0 spiro atoms. The van der Waals surface area contributed by atoms with Gasteiger partial charge in [0.25, 0.3) is 5.91 Å². The lowest BCUT2D eigenvalue weighted by atomic mass is 10.2. The Morgan fingerprint density at radius 3 is 2.89 bits per heavy atom. The molecule has 1 amide bonds. The van der Waals surface area contributed by atoms with Crippen molar-refractivity contribution in [3.05, 3.63) is 36.0 Å². The van der Waals surface area contributed by atoms with Gasteiger partial charge in [0.2, 0.25) is 0 Å². The number of likely N-dealkylation sites (N-methyl/N-ethyl adjacent to an activating group) is 1. The number of fused-ring (bicyclic) bond motifs is 1. The first-order valence-corrected chi connectivity index (χ1v) is 6.23. The second kappa shape index (κ2) is 4.66. The maximum Gasteiger partial charge on any atom is 0.270 e. The third-order valence-electron chi connectivity index (χ3n) is 3.56. The molecule has 2 aromatic rings. The molecule has 19 heavy (non-hydrogen) atoms. The number of nitrogens with zero attached hydrogens (tertiary/aromatic N) is 1. The Morgan fingerprint density at radius 2 is 2.21 bits per heavy atom. The first kappa shape index (κ1) is 12.2. The van der Waals surface area contributed by atoms with Gasteiger partial charge in [0, 0.05) is 18.0 Å². The van der Waals surface area contributed by atoms with E-state index in [1.165, 1.54) is 4.90 Å². The van der Waals surface area contributed by atoms with Crippen molar-refractivity contribution in [1.29, 1.82) is 0 Å². The summed E-state index contributed by atoms with van der Waals surface area (Å²) in [5.41, 5.74) is 1.38. The number of benzene rings is 1. The quantitative estimate of drug-likeness (QED) is 0.899. The minimum Gasteiger partial charge on any atom is -0.376 e. The van der Waals surface area contributed by atoms with Crippen LogP contribution in [0.25, 0.3) is 10.9 Å². The van der Waals surface area contributed by atoms with Gasteiger partial charge in [0.15, 0.2) is 0 Å². The van der Waals surface area contributed by atoms with E-state index in [1.54, 1.807) is 13.1 Å². The number of nitrogens with one attached hydrogen (secondary N) is 1. The third-order valence-corrected chi connectivity index (χ3v) is 3.56. The summed E-state index contributed by atoms with van der Waals surface area (Å²) in [5.74, 6) is -0.214. The van der Waals surface area contributed by atoms with E-state index in [0.29, 0.717) is 5.69 Å². The van der Waals surface area contributed by atoms with Gasteiger partial charge in [-0.3, -0.25) is 4.79 Å². The fourth-order valence-corrected chi connectivity index (χ4v) is 2.40. The van der Waals surface area contributed by atoms with Gasteiger partial charge in [0.1, 0.15) is 11.9 Å². The largest absolute Gasteiger partial charge is 0.376 e. The van der Waals surface area contributed by atoms with Crippen LogP contribution in [0.3, 0.4) is 0 Å². The number of H-pyrrole nitrogens is 1. The fraction of sp³-hybridized carbons (Fsp3) is 0.357. The number of para-hydroxylation sites is 1. The van der Waals surface area contributed by atoms with Crippen LogP contribution in [0, 0.1) is 0 Å². The van der Waals surface area contributed by atoms with Crippen LogP contribution in [0.2, 0.25) is 0 Å². The number of ether oxygens (including phenoxy) is 1. The summed E-state index contributed by atoms with van der Waals surface area (Å²) in [6.45, 7) is 0.318. The standard InChI is InChI=1S/C14H15FN2O2/c1-17(13-8-19-7-10(13)15)14(18)12-6-9-4-2-3-5-11(9)16-12/h2-6,10,13,16H,7-8H2,1H3/t10-,13-/m1/s1. The second-order valence-corrected chi connectivity index (χ2v) is 4.81. The van der Waals surface area contributed by atoms with Crippen LogP contribution in [0.4, 0.5) is 4.39 Å². The van der Waals surface area contributed by atoms with Gasteiger partial charge in [0.05, 0.1) is 19.3 Å². The molecule has 0 bridgehead atoms. The molecular weight excluding hydrogens is 247 g/mol. The Balaban J connectivity index is 1.86. The molecule has 1 fully saturated rings. The predicted molar refractivity (Wildman–Crippen MR) is 69.9 cm³/mol. The van der Waals surface area contributed by atoms with E-state index in [-0.39, 0.29) is 19.1 Å². The highest BCUT2D eigenvalue weighted by Gasteiger charge is 2.34. The zero-order valence-electron chi connectivity index (χ0n) is 10.6. The van der Waals surface area contributed by atoms with E-state index >= 15 is 0 Å². The molecule has 3 rings (SSSR count). The van der Waals surface area contributed by atoms with Crippen molar-refractivity contribution in [2.45, 2.75) is 12.2 Å². The van der Waals surface area contributed by atoms with Gasteiger partial charge >= 0.3 is 0 Å². The maximum absolute atomic E-state index is 13.6. The summed E-state index contributed by atoms with van der Waals surface area (Å²) in [6, 6.07) is 8.94. The minimum atomic E-state index is -1.11. The molecule has 2 heterocycles. The molecular formula is C14H15FN2O2. The minimum absolute atomic E-state index is 0.0645. The molecule has 1 aromatic carbocycles. The molecule has 4 nitrogen and oxygen atoms in total. The predicted octanol–water partition coefficient (Wildman–Crippen LogP) is 1.98. The van der Waals surface area contributed by atoms with Crippen molar-refractivity contribution >= 4 is 16.8 Å². The Bertz CT molecular complexity index is 577. The molecule has 100 valence electrons. The Morgan fingerprint density at radius 1 is 1.42 bits per heavy atom. The zero-order chi connectivity index (χ0) is 13.4. The van der Waals surface area contributed by atoms with Gasteiger partial charge in [-0.2, -0.15) is 0 Å². The normalized spacial score (nSPS) is 22.8. The summed E-state index contributed by atoms with van der Waals surface area (Å²) in [6.07, 6.45) is -1.11. The SMILES string of the molecule is CN(C(=O)c1cc2ccccc2[nH]1)[C@@H]1COC[C@H]1F. The molecule has 1 aromatic heterocycles. The maximum atomic E-state index is 13.6. The Labute approximate surface area is 110 Å². The number of halogens is 1. The molecule has 0 aliphatic carbocycles. The molecule has 5 heteroatoms. The number of aromatic amines is 1. The highest BCUT2D eigenvalue weighted by molar-refractivity contribution is 5.98. The lowest BCUT2D eigenvalue weighted by Crippen LogP contribution is -2.42.